The Bertz CT molecular complexity index is 654. The molecule has 6 heteroatoms. The van der Waals surface area contributed by atoms with Crippen molar-refractivity contribution in [3.05, 3.63) is 34.3 Å². The van der Waals surface area contributed by atoms with Crippen LogP contribution in [0.15, 0.2) is 28.7 Å². The van der Waals surface area contributed by atoms with Crippen LogP contribution < -0.4 is 0 Å². The summed E-state index contributed by atoms with van der Waals surface area (Å²) < 4.78 is 11.0. The molecule has 0 amide bonds. The van der Waals surface area contributed by atoms with Crippen LogP contribution in [0.3, 0.4) is 0 Å². The summed E-state index contributed by atoms with van der Waals surface area (Å²) in [6.45, 7) is -0.303. The lowest BCUT2D eigenvalue weighted by Gasteiger charge is -2.27. The molecule has 4 atom stereocenters. The predicted octanol–water partition coefficient (Wildman–Crippen LogP) is 3.01. The Labute approximate surface area is 148 Å². The van der Waals surface area contributed by atoms with Crippen molar-refractivity contribution in [2.24, 2.45) is 23.7 Å². The molecule has 0 radical (unpaired) electrons. The van der Waals surface area contributed by atoms with Gasteiger partial charge in [-0.15, -0.1) is 0 Å². The van der Waals surface area contributed by atoms with Crippen molar-refractivity contribution in [2.75, 3.05) is 13.7 Å². The van der Waals surface area contributed by atoms with Gasteiger partial charge in [-0.2, -0.15) is 0 Å². The van der Waals surface area contributed by atoms with Crippen molar-refractivity contribution < 1.29 is 23.9 Å². The molecule has 0 saturated heterocycles. The minimum Gasteiger partial charge on any atom is -0.469 e. The van der Waals surface area contributed by atoms with Crippen LogP contribution in [0.2, 0.25) is 0 Å². The second-order valence-electron chi connectivity index (χ2n) is 6.45. The average molecular weight is 395 g/mol. The standard InChI is InChI=1S/C18H19BrO5/c1-23-17(21)15-11-2-3-12(8-11)16(15)18(22)24-9-14(20)10-4-6-13(19)7-5-10/h4-7,11-12,15-16H,2-3,8-9H2,1H3/t11-,12+,15+,16+/m0/s1. The van der Waals surface area contributed by atoms with Crippen molar-refractivity contribution >= 4 is 33.7 Å². The second kappa shape index (κ2) is 7.05. The molecule has 2 fully saturated rings. The number of ketones is 1. The fourth-order valence-corrected chi connectivity index (χ4v) is 4.32. The number of esters is 2. The maximum absolute atomic E-state index is 12.5. The van der Waals surface area contributed by atoms with Crippen LogP contribution in [-0.4, -0.2) is 31.4 Å². The van der Waals surface area contributed by atoms with Crippen molar-refractivity contribution in [3.8, 4) is 0 Å². The van der Waals surface area contributed by atoms with Crippen molar-refractivity contribution in [1.82, 2.24) is 0 Å². The van der Waals surface area contributed by atoms with Crippen LogP contribution in [0.1, 0.15) is 29.6 Å². The number of benzene rings is 1. The number of carbonyl (C=O) groups excluding carboxylic acids is 3. The van der Waals surface area contributed by atoms with Crippen molar-refractivity contribution in [3.63, 3.8) is 0 Å². The average Bonchev–Trinajstić information content (AvgIpc) is 3.20. The van der Waals surface area contributed by atoms with E-state index in [-0.39, 0.29) is 30.2 Å². The van der Waals surface area contributed by atoms with Gasteiger partial charge >= 0.3 is 11.9 Å². The van der Waals surface area contributed by atoms with E-state index in [1.165, 1.54) is 7.11 Å². The van der Waals surface area contributed by atoms with Gasteiger partial charge in [-0.05, 0) is 43.2 Å². The minimum atomic E-state index is -0.478. The zero-order valence-corrected chi connectivity index (χ0v) is 15.0. The highest BCUT2D eigenvalue weighted by Gasteiger charge is 2.55. The van der Waals surface area contributed by atoms with Crippen molar-refractivity contribution in [1.29, 1.82) is 0 Å². The number of hydrogen-bond acceptors (Lipinski definition) is 5. The quantitative estimate of drug-likeness (QED) is 0.566. The Hall–Kier alpha value is -1.69. The summed E-state index contributed by atoms with van der Waals surface area (Å²) in [6.07, 6.45) is 2.74. The molecule has 3 rings (SSSR count). The lowest BCUT2D eigenvalue weighted by atomic mass is 9.79. The minimum absolute atomic E-state index is 0.161. The van der Waals surface area contributed by atoms with Crippen LogP contribution >= 0.6 is 15.9 Å². The normalized spacial score (nSPS) is 27.8. The predicted molar refractivity (Wildman–Crippen MR) is 89.3 cm³/mol. The van der Waals surface area contributed by atoms with Gasteiger partial charge in [0, 0.05) is 10.0 Å². The largest absolute Gasteiger partial charge is 0.469 e. The van der Waals surface area contributed by atoms with Gasteiger partial charge in [-0.3, -0.25) is 14.4 Å². The number of hydrogen-bond donors (Lipinski definition) is 0. The first-order chi connectivity index (χ1) is 11.5. The molecule has 1 aromatic carbocycles. The SMILES string of the molecule is COC(=O)[C@@H]1[C@H]2CC[C@H](C2)[C@H]1C(=O)OCC(=O)c1ccc(Br)cc1. The third-order valence-electron chi connectivity index (χ3n) is 5.17. The Kier molecular flexibility index (Phi) is 5.04. The molecule has 128 valence electrons. The molecular formula is C18H19BrO5. The van der Waals surface area contributed by atoms with Crippen LogP contribution in [-0.2, 0) is 19.1 Å². The van der Waals surface area contributed by atoms with Gasteiger partial charge in [0.25, 0.3) is 0 Å². The van der Waals surface area contributed by atoms with E-state index in [1.54, 1.807) is 24.3 Å². The van der Waals surface area contributed by atoms with Crippen LogP contribution in [0.4, 0.5) is 0 Å². The third-order valence-corrected chi connectivity index (χ3v) is 5.70. The number of fused-ring (bicyclic) bond motifs is 2. The molecule has 24 heavy (non-hydrogen) atoms. The first-order valence-electron chi connectivity index (χ1n) is 8.04. The van der Waals surface area contributed by atoms with Gasteiger partial charge in [-0.25, -0.2) is 0 Å². The summed E-state index contributed by atoms with van der Waals surface area (Å²) in [4.78, 5) is 36.6. The third kappa shape index (κ3) is 3.24. The van der Waals surface area contributed by atoms with Crippen molar-refractivity contribution in [2.45, 2.75) is 19.3 Å². The summed E-state index contributed by atoms with van der Waals surface area (Å²) in [5.74, 6) is -1.60. The summed E-state index contributed by atoms with van der Waals surface area (Å²) >= 11 is 3.31. The fraction of sp³-hybridized carbons (Fsp3) is 0.500. The van der Waals surface area contributed by atoms with E-state index in [4.69, 9.17) is 9.47 Å². The highest BCUT2D eigenvalue weighted by Crippen LogP contribution is 2.53. The Balaban J connectivity index is 1.63. The smallest absolute Gasteiger partial charge is 0.310 e. The summed E-state index contributed by atoms with van der Waals surface area (Å²) in [5, 5.41) is 0. The number of carbonyl (C=O) groups is 3. The molecule has 2 aliphatic carbocycles. The van der Waals surface area contributed by atoms with Crippen LogP contribution in [0.25, 0.3) is 0 Å². The van der Waals surface area contributed by atoms with E-state index < -0.39 is 17.8 Å². The van der Waals surface area contributed by atoms with Gasteiger partial charge < -0.3 is 9.47 Å². The second-order valence-corrected chi connectivity index (χ2v) is 7.36. The molecule has 0 unspecified atom stereocenters. The monoisotopic (exact) mass is 394 g/mol. The van der Waals surface area contributed by atoms with Crippen LogP contribution in [0, 0.1) is 23.7 Å². The number of methoxy groups -OCH3 is 1. The highest BCUT2D eigenvalue weighted by atomic mass is 79.9. The number of rotatable bonds is 5. The zero-order valence-electron chi connectivity index (χ0n) is 13.4. The first-order valence-corrected chi connectivity index (χ1v) is 8.83. The number of halogens is 1. The summed E-state index contributed by atoms with van der Waals surface area (Å²) in [5.41, 5.74) is 0.489. The highest BCUT2D eigenvalue weighted by molar-refractivity contribution is 9.10. The molecule has 2 saturated carbocycles. The Morgan fingerprint density at radius 1 is 1.04 bits per heavy atom. The molecule has 2 bridgehead atoms. The van der Waals surface area contributed by atoms with Gasteiger partial charge in [-0.1, -0.05) is 28.1 Å². The lowest BCUT2D eigenvalue weighted by molar-refractivity contribution is -0.161. The van der Waals surface area contributed by atoms with E-state index >= 15 is 0 Å². The van der Waals surface area contributed by atoms with E-state index in [1.807, 2.05) is 0 Å². The zero-order chi connectivity index (χ0) is 17.3. The topological polar surface area (TPSA) is 69.7 Å². The van der Waals surface area contributed by atoms with E-state index in [9.17, 15) is 14.4 Å². The molecule has 0 aliphatic heterocycles. The molecule has 0 aromatic heterocycles. The number of Topliss-reactive ketones (excluding diaryl/α,β-unsaturated/α-hetero) is 1. The van der Waals surface area contributed by atoms with Gasteiger partial charge in [0.1, 0.15) is 0 Å². The first kappa shape index (κ1) is 17.1. The Morgan fingerprint density at radius 2 is 1.62 bits per heavy atom. The molecule has 0 N–H and O–H groups in total. The summed E-state index contributed by atoms with van der Waals surface area (Å²) in [6, 6.07) is 6.88. The van der Waals surface area contributed by atoms with E-state index in [0.717, 1.165) is 23.7 Å². The molecule has 0 spiro atoms. The fourth-order valence-electron chi connectivity index (χ4n) is 4.06. The lowest BCUT2D eigenvalue weighted by Crippen LogP contribution is -2.37. The molecule has 0 heterocycles. The van der Waals surface area contributed by atoms with E-state index in [0.29, 0.717) is 5.56 Å². The number of ether oxygens (including phenoxy) is 2. The van der Waals surface area contributed by atoms with Crippen LogP contribution in [0.5, 0.6) is 0 Å². The molecule has 1 aromatic rings. The maximum atomic E-state index is 12.5. The van der Waals surface area contributed by atoms with Gasteiger partial charge in [0.05, 0.1) is 18.9 Å². The van der Waals surface area contributed by atoms with E-state index in [2.05, 4.69) is 15.9 Å². The molecule has 2 aliphatic rings. The van der Waals surface area contributed by atoms with Gasteiger partial charge in [0.15, 0.2) is 12.4 Å². The maximum Gasteiger partial charge on any atom is 0.310 e. The molecule has 5 nitrogen and oxygen atoms in total. The summed E-state index contributed by atoms with van der Waals surface area (Å²) in [7, 11) is 1.34. The Morgan fingerprint density at radius 3 is 2.21 bits per heavy atom. The molecular weight excluding hydrogens is 376 g/mol. The van der Waals surface area contributed by atoms with Gasteiger partial charge in [0.2, 0.25) is 0 Å².